The van der Waals surface area contributed by atoms with Crippen molar-refractivity contribution in [3.8, 4) is 0 Å². The monoisotopic (exact) mass is 272 g/mol. The minimum atomic E-state index is -1.41. The van der Waals surface area contributed by atoms with Gasteiger partial charge in [-0.2, -0.15) is 10.1 Å². The average molecular weight is 272 g/mol. The minimum Gasteiger partial charge on any atom is -0.477 e. The first-order valence-corrected chi connectivity index (χ1v) is 5.18. The van der Waals surface area contributed by atoms with Gasteiger partial charge in [0.1, 0.15) is 11.4 Å². The minimum absolute atomic E-state index is 0.101. The number of nitrogens with zero attached hydrogens (tertiary/aromatic N) is 2. The first-order valence-electron chi connectivity index (χ1n) is 5.18. The smallest absolute Gasteiger partial charge is 0.352 e. The van der Waals surface area contributed by atoms with Crippen molar-refractivity contribution in [3.63, 3.8) is 0 Å². The molecule has 1 amide bonds. The summed E-state index contributed by atoms with van der Waals surface area (Å²) >= 11 is 0. The van der Waals surface area contributed by atoms with E-state index in [1.54, 1.807) is 0 Å². The number of benzene rings is 1. The second-order valence-corrected chi connectivity index (χ2v) is 3.78. The van der Waals surface area contributed by atoms with E-state index in [2.05, 4.69) is 5.10 Å². The number of hydrazone groups is 1. The van der Waals surface area contributed by atoms with E-state index in [0.29, 0.717) is 11.1 Å². The van der Waals surface area contributed by atoms with Crippen LogP contribution in [-0.4, -0.2) is 22.7 Å². The van der Waals surface area contributed by atoms with Gasteiger partial charge in [-0.15, -0.1) is 0 Å². The lowest BCUT2D eigenvalue weighted by atomic mass is 10.1. The summed E-state index contributed by atoms with van der Waals surface area (Å²) in [6.45, 7) is 0. The third-order valence-electron chi connectivity index (χ3n) is 2.50. The molecule has 1 aliphatic rings. The molecule has 8 heteroatoms. The van der Waals surface area contributed by atoms with E-state index in [4.69, 9.17) is 5.11 Å². The van der Waals surface area contributed by atoms with Gasteiger partial charge in [0.25, 0.3) is 0 Å². The number of carbonyl (C=O) groups is 2. The fourth-order valence-electron chi connectivity index (χ4n) is 1.57. The van der Waals surface area contributed by atoms with Crippen molar-refractivity contribution < 1.29 is 27.9 Å². The van der Waals surface area contributed by atoms with Gasteiger partial charge in [-0.1, -0.05) is 0 Å². The van der Waals surface area contributed by atoms with Gasteiger partial charge in [-0.25, -0.2) is 18.0 Å². The van der Waals surface area contributed by atoms with Crippen LogP contribution in [0.1, 0.15) is 12.8 Å². The first-order chi connectivity index (χ1) is 8.90. The molecule has 1 heterocycles. The summed E-state index contributed by atoms with van der Waals surface area (Å²) in [5.74, 6) is -6.03. The molecule has 19 heavy (non-hydrogen) atoms. The van der Waals surface area contributed by atoms with E-state index in [1.807, 2.05) is 0 Å². The molecule has 100 valence electrons. The number of amides is 1. The summed E-state index contributed by atoms with van der Waals surface area (Å²) in [5.41, 5.74) is -0.980. The number of aliphatic carboxylic acids is 1. The van der Waals surface area contributed by atoms with Crippen LogP contribution in [0.2, 0.25) is 0 Å². The maximum absolute atomic E-state index is 13.5. The van der Waals surface area contributed by atoms with Crippen LogP contribution in [0.3, 0.4) is 0 Å². The largest absolute Gasteiger partial charge is 0.477 e. The fraction of sp³-hybridized carbons (Fsp3) is 0.182. The van der Waals surface area contributed by atoms with E-state index in [9.17, 15) is 22.8 Å². The predicted molar refractivity (Wildman–Crippen MR) is 58.1 cm³/mol. The Hall–Kier alpha value is -2.38. The molecule has 0 radical (unpaired) electrons. The van der Waals surface area contributed by atoms with Crippen molar-refractivity contribution >= 4 is 23.3 Å². The SMILES string of the molecule is O=C(O)C1=NN(c2cc(F)c(F)cc2F)C(=O)CC1. The summed E-state index contributed by atoms with van der Waals surface area (Å²) in [6, 6.07) is 0.722. The van der Waals surface area contributed by atoms with E-state index >= 15 is 0 Å². The lowest BCUT2D eigenvalue weighted by Gasteiger charge is -2.22. The zero-order valence-electron chi connectivity index (χ0n) is 9.36. The van der Waals surface area contributed by atoms with Gasteiger partial charge in [0.05, 0.1) is 0 Å². The lowest BCUT2D eigenvalue weighted by molar-refractivity contribution is -0.129. The highest BCUT2D eigenvalue weighted by Crippen LogP contribution is 2.26. The lowest BCUT2D eigenvalue weighted by Crippen LogP contribution is -2.34. The number of halogens is 3. The van der Waals surface area contributed by atoms with Crippen molar-refractivity contribution in [2.75, 3.05) is 5.01 Å². The number of carboxylic acids is 1. The zero-order chi connectivity index (χ0) is 14.2. The first kappa shape index (κ1) is 13.1. The molecule has 0 unspecified atom stereocenters. The van der Waals surface area contributed by atoms with Gasteiger partial charge >= 0.3 is 5.97 Å². The van der Waals surface area contributed by atoms with Gasteiger partial charge in [0, 0.05) is 25.0 Å². The molecule has 1 N–H and O–H groups in total. The van der Waals surface area contributed by atoms with Crippen LogP contribution in [0.5, 0.6) is 0 Å². The van der Waals surface area contributed by atoms with Crippen molar-refractivity contribution in [2.45, 2.75) is 12.8 Å². The van der Waals surface area contributed by atoms with Gasteiger partial charge < -0.3 is 5.11 Å². The Labute approximate surface area is 104 Å². The summed E-state index contributed by atoms with van der Waals surface area (Å²) in [4.78, 5) is 22.3. The quantitative estimate of drug-likeness (QED) is 0.832. The molecule has 5 nitrogen and oxygen atoms in total. The number of rotatable bonds is 2. The molecule has 0 saturated heterocycles. The Kier molecular flexibility index (Phi) is 3.24. The maximum atomic E-state index is 13.5. The fourth-order valence-corrected chi connectivity index (χ4v) is 1.57. The number of carbonyl (C=O) groups excluding carboxylic acids is 1. The molecule has 0 saturated carbocycles. The topological polar surface area (TPSA) is 70.0 Å². The Morgan fingerprint density at radius 2 is 1.79 bits per heavy atom. The van der Waals surface area contributed by atoms with Crippen LogP contribution in [0.25, 0.3) is 0 Å². The molecule has 0 fully saturated rings. The zero-order valence-corrected chi connectivity index (χ0v) is 9.36. The second-order valence-electron chi connectivity index (χ2n) is 3.78. The van der Waals surface area contributed by atoms with Gasteiger partial charge in [-0.05, 0) is 0 Å². The standard InChI is InChI=1S/C11H7F3N2O3/c12-5-3-7(14)9(4-6(5)13)16-10(17)2-1-8(15-16)11(18)19/h3-4H,1-2H2,(H,18,19). The third-order valence-corrected chi connectivity index (χ3v) is 2.50. The van der Waals surface area contributed by atoms with E-state index < -0.39 is 35.0 Å². The third kappa shape index (κ3) is 2.42. The average Bonchev–Trinajstić information content (AvgIpc) is 2.34. The molecule has 2 rings (SSSR count). The van der Waals surface area contributed by atoms with Gasteiger partial charge in [-0.3, -0.25) is 4.79 Å². The summed E-state index contributed by atoms with van der Waals surface area (Å²) in [5, 5.41) is 12.6. The number of hydrogen-bond acceptors (Lipinski definition) is 3. The van der Waals surface area contributed by atoms with Crippen LogP contribution in [0.15, 0.2) is 17.2 Å². The maximum Gasteiger partial charge on any atom is 0.352 e. The summed E-state index contributed by atoms with van der Waals surface area (Å²) in [6.07, 6.45) is -0.306. The predicted octanol–water partition coefficient (Wildman–Crippen LogP) is 1.67. The summed E-state index contributed by atoms with van der Waals surface area (Å²) < 4.78 is 39.3. The van der Waals surface area contributed by atoms with Crippen molar-refractivity contribution in [2.24, 2.45) is 5.10 Å². The molecule has 0 atom stereocenters. The van der Waals surface area contributed by atoms with Crippen LogP contribution in [0.4, 0.5) is 18.9 Å². The van der Waals surface area contributed by atoms with Gasteiger partial charge in [0.15, 0.2) is 17.5 Å². The highest BCUT2D eigenvalue weighted by atomic mass is 19.2. The van der Waals surface area contributed by atoms with Crippen molar-refractivity contribution in [3.05, 3.63) is 29.6 Å². The van der Waals surface area contributed by atoms with Crippen molar-refractivity contribution in [1.29, 1.82) is 0 Å². The number of hydrogen-bond donors (Lipinski definition) is 1. The number of anilines is 1. The Morgan fingerprint density at radius 3 is 2.42 bits per heavy atom. The van der Waals surface area contributed by atoms with E-state index in [-0.39, 0.29) is 24.6 Å². The highest BCUT2D eigenvalue weighted by molar-refractivity contribution is 6.37. The molecular weight excluding hydrogens is 265 g/mol. The molecule has 1 aromatic carbocycles. The normalized spacial score (nSPS) is 15.4. The van der Waals surface area contributed by atoms with Crippen LogP contribution < -0.4 is 5.01 Å². The molecule has 0 spiro atoms. The molecular formula is C11H7F3N2O3. The van der Waals surface area contributed by atoms with E-state index in [1.165, 1.54) is 0 Å². The Bertz CT molecular complexity index is 601. The molecule has 0 aliphatic carbocycles. The van der Waals surface area contributed by atoms with Crippen molar-refractivity contribution in [1.82, 2.24) is 0 Å². The molecule has 1 aromatic rings. The van der Waals surface area contributed by atoms with E-state index in [0.717, 1.165) is 0 Å². The molecule has 0 bridgehead atoms. The Balaban J connectivity index is 2.50. The van der Waals surface area contributed by atoms with Crippen LogP contribution in [-0.2, 0) is 9.59 Å². The summed E-state index contributed by atoms with van der Waals surface area (Å²) in [7, 11) is 0. The molecule has 0 aromatic heterocycles. The Morgan fingerprint density at radius 1 is 1.16 bits per heavy atom. The van der Waals surface area contributed by atoms with Crippen LogP contribution in [0, 0.1) is 17.5 Å². The highest BCUT2D eigenvalue weighted by Gasteiger charge is 2.28. The second kappa shape index (κ2) is 4.71. The number of carboxylic acid groups (broad SMARTS) is 1. The van der Waals surface area contributed by atoms with Gasteiger partial charge in [0.2, 0.25) is 5.91 Å². The molecule has 1 aliphatic heterocycles. The van der Waals surface area contributed by atoms with Crippen LogP contribution >= 0.6 is 0 Å².